The van der Waals surface area contributed by atoms with E-state index in [1.165, 1.54) is 0 Å². The molecule has 0 aromatic carbocycles. The number of hydrogen-bond donors (Lipinski definition) is 1. The largest absolute Gasteiger partial charge is 0.302 e. The van der Waals surface area contributed by atoms with Crippen molar-refractivity contribution >= 4 is 28.2 Å². The Morgan fingerprint density at radius 1 is 2.00 bits per heavy atom. The Bertz CT molecular complexity index is 36.6. The lowest BCUT2D eigenvalue weighted by atomic mass is 10.9. The second-order valence-electron chi connectivity index (χ2n) is 0.627. The van der Waals surface area contributed by atoms with E-state index in [-0.39, 0.29) is 4.99 Å². The van der Waals surface area contributed by atoms with Crippen LogP contribution in [0.1, 0.15) is 0 Å². The van der Waals surface area contributed by atoms with Crippen LogP contribution in [0.4, 0.5) is 0 Å². The predicted octanol–water partition coefficient (Wildman–Crippen LogP) is 0.316. The molecule has 0 aromatic heterocycles. The van der Waals surface area contributed by atoms with E-state index < -0.39 is 0 Å². The third-order valence-corrected chi connectivity index (χ3v) is 0.418. The summed E-state index contributed by atoms with van der Waals surface area (Å²) >= 11 is 3.69. The summed E-state index contributed by atoms with van der Waals surface area (Å²) in [6, 6.07) is 0. The lowest BCUT2D eigenvalue weighted by molar-refractivity contribution is -0.106. The average molecular weight is 108 g/mol. The van der Waals surface area contributed by atoms with Crippen molar-refractivity contribution in [3.8, 4) is 0 Å². The summed E-state index contributed by atoms with van der Waals surface area (Å²) in [5.41, 5.74) is 0. The molecule has 0 N–H and O–H groups in total. The molecule has 0 bridgehead atoms. The first-order valence-electron chi connectivity index (χ1n) is 1.16. The fraction of sp³-hybridized carbons (Fsp3) is 0.500. The molecule has 0 spiro atoms. The van der Waals surface area contributed by atoms with Crippen LogP contribution in [0.2, 0.25) is 0 Å². The van der Waals surface area contributed by atoms with Gasteiger partial charge in [-0.3, -0.25) is 0 Å². The van der Waals surface area contributed by atoms with E-state index in [1.54, 1.807) is 0 Å². The van der Waals surface area contributed by atoms with Crippen molar-refractivity contribution in [2.24, 2.45) is 0 Å². The molecule has 5 heavy (non-hydrogen) atoms. The van der Waals surface area contributed by atoms with Crippen molar-refractivity contribution in [2.45, 2.75) is 4.99 Å². The maximum Gasteiger partial charge on any atom is 0.136 e. The monoisotopic (exact) mass is 108 g/mol. The van der Waals surface area contributed by atoms with Gasteiger partial charge in [0.1, 0.15) is 6.29 Å². The molecule has 0 radical (unpaired) electrons. The van der Waals surface area contributed by atoms with Crippen LogP contribution in [0.15, 0.2) is 0 Å². The topological polar surface area (TPSA) is 17.1 Å². The van der Waals surface area contributed by atoms with Crippen LogP contribution in [0.5, 0.6) is 0 Å². The van der Waals surface area contributed by atoms with Gasteiger partial charge >= 0.3 is 0 Å². The minimum Gasteiger partial charge on any atom is -0.302 e. The molecular formula is C2H5OPS. The second-order valence-corrected chi connectivity index (χ2v) is 2.50. The van der Waals surface area contributed by atoms with E-state index in [2.05, 4.69) is 21.9 Å². The molecule has 0 heterocycles. The van der Waals surface area contributed by atoms with Gasteiger partial charge < -0.3 is 4.79 Å². The van der Waals surface area contributed by atoms with Gasteiger partial charge in [0, 0.05) is 0 Å². The highest BCUT2D eigenvalue weighted by Crippen LogP contribution is 1.96. The Balaban J connectivity index is 2.83. The first-order chi connectivity index (χ1) is 2.27. The second kappa shape index (κ2) is 2.67. The van der Waals surface area contributed by atoms with Gasteiger partial charge in [-0.25, -0.2) is 0 Å². The molecule has 0 aromatic rings. The zero-order valence-corrected chi connectivity index (χ0v) is 4.64. The maximum atomic E-state index is 9.41. The first-order valence-corrected chi connectivity index (χ1v) is 2.34. The molecule has 0 aliphatic heterocycles. The Kier molecular flexibility index (Phi) is 2.92. The van der Waals surface area contributed by atoms with Crippen molar-refractivity contribution in [1.29, 1.82) is 0 Å². The fourth-order valence-electron chi connectivity index (χ4n) is 0. The van der Waals surface area contributed by atoms with Crippen LogP contribution in [0, 0.1) is 0 Å². The Hall–Kier alpha value is 0.450. The molecule has 0 saturated carbocycles. The SMILES string of the molecule is O=CC(P)S. The molecule has 2 unspecified atom stereocenters. The third kappa shape index (κ3) is 4.45. The minimum atomic E-state index is -0.185. The zero-order valence-electron chi connectivity index (χ0n) is 2.59. The molecule has 0 amide bonds. The summed E-state index contributed by atoms with van der Waals surface area (Å²) in [5, 5.41) is 0. The molecule has 0 aliphatic carbocycles. The van der Waals surface area contributed by atoms with Gasteiger partial charge in [0.15, 0.2) is 0 Å². The van der Waals surface area contributed by atoms with Gasteiger partial charge in [0.25, 0.3) is 0 Å². The highest BCUT2D eigenvalue weighted by atomic mass is 32.1. The summed E-state index contributed by atoms with van der Waals surface area (Å²) in [6.45, 7) is 0. The molecule has 0 aliphatic rings. The Morgan fingerprint density at radius 2 is 2.20 bits per heavy atom. The standard InChI is InChI=1S/C2H5OPS/c3-1-2(4)5/h1-2,5H,4H2. The van der Waals surface area contributed by atoms with Crippen molar-refractivity contribution < 1.29 is 4.79 Å². The van der Waals surface area contributed by atoms with E-state index >= 15 is 0 Å². The van der Waals surface area contributed by atoms with E-state index in [0.29, 0.717) is 0 Å². The number of thiol groups is 1. The number of carbonyl (C=O) groups is 1. The van der Waals surface area contributed by atoms with Crippen molar-refractivity contribution in [3.05, 3.63) is 0 Å². The molecular weight excluding hydrogens is 103 g/mol. The summed E-state index contributed by atoms with van der Waals surface area (Å²) in [7, 11) is 2.23. The van der Waals surface area contributed by atoms with Crippen molar-refractivity contribution in [2.75, 3.05) is 0 Å². The minimum absolute atomic E-state index is 0.185. The maximum absolute atomic E-state index is 9.41. The van der Waals surface area contributed by atoms with Crippen LogP contribution in [0.25, 0.3) is 0 Å². The van der Waals surface area contributed by atoms with Gasteiger partial charge in [-0.05, 0) is 0 Å². The molecule has 1 nitrogen and oxygen atoms in total. The summed E-state index contributed by atoms with van der Waals surface area (Å²) in [6.07, 6.45) is 0.744. The molecule has 2 atom stereocenters. The van der Waals surface area contributed by atoms with Crippen LogP contribution < -0.4 is 0 Å². The number of hydrogen-bond acceptors (Lipinski definition) is 2. The van der Waals surface area contributed by atoms with Crippen molar-refractivity contribution in [3.63, 3.8) is 0 Å². The van der Waals surface area contributed by atoms with Gasteiger partial charge in [-0.2, -0.15) is 12.6 Å². The van der Waals surface area contributed by atoms with E-state index in [9.17, 15) is 4.79 Å². The predicted molar refractivity (Wildman–Crippen MR) is 28.5 cm³/mol. The lowest BCUT2D eigenvalue weighted by Gasteiger charge is -1.78. The highest BCUT2D eigenvalue weighted by molar-refractivity contribution is 7.86. The molecule has 0 saturated heterocycles. The summed E-state index contributed by atoms with van der Waals surface area (Å²) < 4.78 is 0. The fourth-order valence-corrected chi connectivity index (χ4v) is 0. The molecule has 0 fully saturated rings. The first kappa shape index (κ1) is 5.45. The van der Waals surface area contributed by atoms with E-state index in [1.807, 2.05) is 0 Å². The van der Waals surface area contributed by atoms with E-state index in [0.717, 1.165) is 6.29 Å². The van der Waals surface area contributed by atoms with Crippen LogP contribution >= 0.6 is 21.9 Å². The summed E-state index contributed by atoms with van der Waals surface area (Å²) in [4.78, 5) is 9.22. The normalized spacial score (nSPS) is 14.0. The van der Waals surface area contributed by atoms with Gasteiger partial charge in [-0.15, -0.1) is 9.24 Å². The quantitative estimate of drug-likeness (QED) is 0.291. The smallest absolute Gasteiger partial charge is 0.136 e. The number of rotatable bonds is 1. The highest BCUT2D eigenvalue weighted by Gasteiger charge is 1.80. The molecule has 0 rings (SSSR count). The van der Waals surface area contributed by atoms with Crippen molar-refractivity contribution in [1.82, 2.24) is 0 Å². The lowest BCUT2D eigenvalue weighted by Crippen LogP contribution is -1.80. The van der Waals surface area contributed by atoms with Gasteiger partial charge in [-0.1, -0.05) is 0 Å². The Morgan fingerprint density at radius 3 is 2.20 bits per heavy atom. The van der Waals surface area contributed by atoms with Gasteiger partial charge in [0.05, 0.1) is 4.99 Å². The van der Waals surface area contributed by atoms with Crippen LogP contribution in [0.3, 0.4) is 0 Å². The Labute approximate surface area is 38.8 Å². The average Bonchev–Trinajstić information content (AvgIpc) is 1.38. The molecule has 3 heteroatoms. The molecule has 30 valence electrons. The van der Waals surface area contributed by atoms with Crippen LogP contribution in [-0.2, 0) is 4.79 Å². The summed E-state index contributed by atoms with van der Waals surface area (Å²) in [5.74, 6) is 0. The van der Waals surface area contributed by atoms with Gasteiger partial charge in [0.2, 0.25) is 0 Å². The number of aldehydes is 1. The van der Waals surface area contributed by atoms with E-state index in [4.69, 9.17) is 0 Å². The number of carbonyl (C=O) groups excluding carboxylic acids is 1. The third-order valence-electron chi connectivity index (χ3n) is 0.139. The van der Waals surface area contributed by atoms with Crippen LogP contribution in [-0.4, -0.2) is 11.3 Å². The zero-order chi connectivity index (χ0) is 4.28.